The minimum absolute atomic E-state index is 0.550. The maximum absolute atomic E-state index is 4.96. The summed E-state index contributed by atoms with van der Waals surface area (Å²) in [6.45, 7) is 10.6. The maximum Gasteiger partial charge on any atom is 0.188 e. The summed E-state index contributed by atoms with van der Waals surface area (Å²) in [4.78, 5) is 7.21. The van der Waals surface area contributed by atoms with Crippen molar-refractivity contribution in [2.75, 3.05) is 18.0 Å². The summed E-state index contributed by atoms with van der Waals surface area (Å²) in [5.41, 5.74) is 4.27. The monoisotopic (exact) mass is 449 g/mol. The van der Waals surface area contributed by atoms with Crippen molar-refractivity contribution < 1.29 is 0 Å². The molecule has 1 unspecified atom stereocenters. The summed E-state index contributed by atoms with van der Waals surface area (Å²) in [7, 11) is 0. The molecule has 0 aliphatic carbocycles. The summed E-state index contributed by atoms with van der Waals surface area (Å²) in [6, 6.07) is 16.8. The average Bonchev–Trinajstić information content (AvgIpc) is 3.42. The third-order valence-electron chi connectivity index (χ3n) is 5.59. The first-order valence-corrected chi connectivity index (χ1v) is 12.4. The van der Waals surface area contributed by atoms with Gasteiger partial charge in [0.15, 0.2) is 15.1 Å². The molecule has 5 nitrogen and oxygen atoms in total. The van der Waals surface area contributed by atoms with Crippen LogP contribution in [0.25, 0.3) is 22.2 Å². The zero-order valence-electron chi connectivity index (χ0n) is 18.4. The lowest BCUT2D eigenvalue weighted by Crippen LogP contribution is -2.21. The predicted octanol–water partition coefficient (Wildman–Crippen LogP) is 8.19. The van der Waals surface area contributed by atoms with Gasteiger partial charge in [-0.3, -0.25) is 0 Å². The molecule has 4 aromatic rings. The molecule has 160 valence electrons. The molecule has 2 heterocycles. The van der Waals surface area contributed by atoms with Crippen LogP contribution in [0.15, 0.2) is 58.8 Å². The fourth-order valence-electron chi connectivity index (χ4n) is 3.43. The van der Waals surface area contributed by atoms with Crippen LogP contribution in [0.2, 0.25) is 0 Å². The molecule has 0 radical (unpaired) electrons. The Morgan fingerprint density at radius 2 is 1.65 bits per heavy atom. The van der Waals surface area contributed by atoms with E-state index in [1.807, 2.05) is 24.3 Å². The fourth-order valence-corrected chi connectivity index (χ4v) is 5.16. The van der Waals surface area contributed by atoms with Gasteiger partial charge in [-0.25, -0.2) is 4.98 Å². The van der Waals surface area contributed by atoms with E-state index in [0.717, 1.165) is 56.8 Å². The smallest absolute Gasteiger partial charge is 0.188 e. The topological polar surface area (TPSA) is 53.7 Å². The normalized spacial score (nSPS) is 12.6. The van der Waals surface area contributed by atoms with Crippen molar-refractivity contribution in [1.29, 1.82) is 0 Å². The largest absolute Gasteiger partial charge is 0.349 e. The van der Waals surface area contributed by atoms with E-state index >= 15 is 0 Å². The molecule has 0 amide bonds. The van der Waals surface area contributed by atoms with Crippen LogP contribution >= 0.6 is 22.9 Å². The molecule has 4 rings (SSSR count). The Morgan fingerprint density at radius 3 is 2.35 bits per heavy atom. The van der Waals surface area contributed by atoms with Crippen LogP contribution in [0.3, 0.4) is 0 Å². The molecule has 0 bridgehead atoms. The molecule has 0 fully saturated rings. The second-order valence-electron chi connectivity index (χ2n) is 7.46. The van der Waals surface area contributed by atoms with Gasteiger partial charge in [-0.05, 0) is 55.4 Å². The first kappa shape index (κ1) is 21.6. The second kappa shape index (κ2) is 9.66. The van der Waals surface area contributed by atoms with Crippen molar-refractivity contribution in [3.8, 4) is 11.3 Å². The Balaban J connectivity index is 1.73. The molecule has 1 atom stereocenters. The minimum Gasteiger partial charge on any atom is -0.349 e. The summed E-state index contributed by atoms with van der Waals surface area (Å²) in [5, 5.41) is 12.9. The SMILES string of the molecule is CCC(C)c1ccc(-c2nc(N(CC)CC)sc2N=Nc2snc3ccccc23)cc1. The highest BCUT2D eigenvalue weighted by atomic mass is 32.1. The van der Waals surface area contributed by atoms with Crippen LogP contribution in [-0.2, 0) is 0 Å². The summed E-state index contributed by atoms with van der Waals surface area (Å²) >= 11 is 2.97. The number of hydrogen-bond donors (Lipinski definition) is 0. The van der Waals surface area contributed by atoms with Crippen molar-refractivity contribution in [2.45, 2.75) is 40.0 Å². The molecule has 2 aromatic heterocycles. The molecule has 2 aromatic carbocycles. The van der Waals surface area contributed by atoms with E-state index in [1.54, 1.807) is 11.3 Å². The van der Waals surface area contributed by atoms with Gasteiger partial charge in [0.1, 0.15) is 5.69 Å². The average molecular weight is 450 g/mol. The molecule has 0 saturated carbocycles. The second-order valence-corrected chi connectivity index (χ2v) is 9.17. The Hall–Kier alpha value is -2.64. The van der Waals surface area contributed by atoms with Gasteiger partial charge >= 0.3 is 0 Å². The van der Waals surface area contributed by atoms with E-state index in [1.165, 1.54) is 17.1 Å². The number of fused-ring (bicyclic) bond motifs is 1. The number of azo groups is 1. The summed E-state index contributed by atoms with van der Waals surface area (Å²) < 4.78 is 4.47. The highest BCUT2D eigenvalue weighted by Gasteiger charge is 2.17. The van der Waals surface area contributed by atoms with Gasteiger partial charge in [0.2, 0.25) is 0 Å². The molecule has 0 aliphatic rings. The van der Waals surface area contributed by atoms with Crippen LogP contribution in [0.5, 0.6) is 0 Å². The van der Waals surface area contributed by atoms with E-state index in [0.29, 0.717) is 5.92 Å². The number of thiazole rings is 1. The third kappa shape index (κ3) is 4.52. The summed E-state index contributed by atoms with van der Waals surface area (Å²) in [6.07, 6.45) is 1.13. The quantitative estimate of drug-likeness (QED) is 0.255. The number of nitrogens with zero attached hydrogens (tertiary/aromatic N) is 5. The van der Waals surface area contributed by atoms with Crippen LogP contribution in [0, 0.1) is 0 Å². The number of rotatable bonds is 8. The zero-order valence-corrected chi connectivity index (χ0v) is 20.0. The molecule has 0 saturated heterocycles. The molecule has 31 heavy (non-hydrogen) atoms. The lowest BCUT2D eigenvalue weighted by Gasteiger charge is -2.16. The number of hydrogen-bond acceptors (Lipinski definition) is 7. The van der Waals surface area contributed by atoms with Gasteiger partial charge < -0.3 is 4.90 Å². The Labute approximate surface area is 191 Å². The predicted molar refractivity (Wildman–Crippen MR) is 134 cm³/mol. The van der Waals surface area contributed by atoms with E-state index in [2.05, 4.69) is 71.5 Å². The van der Waals surface area contributed by atoms with E-state index < -0.39 is 0 Å². The third-order valence-corrected chi connectivity index (χ3v) is 7.36. The van der Waals surface area contributed by atoms with Crippen molar-refractivity contribution in [2.24, 2.45) is 10.2 Å². The highest BCUT2D eigenvalue weighted by molar-refractivity contribution is 7.19. The number of aromatic nitrogens is 2. The minimum atomic E-state index is 0.550. The fraction of sp³-hybridized carbons (Fsp3) is 0.333. The van der Waals surface area contributed by atoms with Crippen molar-refractivity contribution >= 4 is 48.9 Å². The van der Waals surface area contributed by atoms with Gasteiger partial charge in [-0.1, -0.05) is 61.6 Å². The standard InChI is InChI=1S/C24H27N5S2/c1-5-16(4)17-12-14-18(15-13-17)21-23(30-24(25-21)29(6-2)7-3)27-26-22-19-10-8-9-11-20(19)28-31-22/h8-16H,5-7H2,1-4H3. The van der Waals surface area contributed by atoms with Gasteiger partial charge in [-0.2, -0.15) is 4.37 Å². The maximum atomic E-state index is 4.96. The molecular weight excluding hydrogens is 422 g/mol. The zero-order chi connectivity index (χ0) is 21.8. The molecule has 0 N–H and O–H groups in total. The van der Waals surface area contributed by atoms with Crippen molar-refractivity contribution in [3.05, 3.63) is 54.1 Å². The van der Waals surface area contributed by atoms with Crippen molar-refractivity contribution in [1.82, 2.24) is 9.36 Å². The lowest BCUT2D eigenvalue weighted by molar-refractivity contribution is 0.734. The van der Waals surface area contributed by atoms with E-state index in [4.69, 9.17) is 4.98 Å². The van der Waals surface area contributed by atoms with Crippen LogP contribution in [0.1, 0.15) is 45.6 Å². The highest BCUT2D eigenvalue weighted by Crippen LogP contribution is 2.41. The van der Waals surface area contributed by atoms with Gasteiger partial charge in [-0.15, -0.1) is 10.2 Å². The summed E-state index contributed by atoms with van der Waals surface area (Å²) in [5.74, 6) is 0.550. The van der Waals surface area contributed by atoms with Crippen molar-refractivity contribution in [3.63, 3.8) is 0 Å². The lowest BCUT2D eigenvalue weighted by atomic mass is 9.97. The molecule has 7 heteroatoms. The first-order valence-electron chi connectivity index (χ1n) is 10.8. The Bertz CT molecular complexity index is 1170. The molecule has 0 spiro atoms. The number of benzene rings is 2. The van der Waals surface area contributed by atoms with Gasteiger partial charge in [0.05, 0.1) is 5.52 Å². The molecule has 0 aliphatic heterocycles. The molecular formula is C24H27N5S2. The first-order chi connectivity index (χ1) is 15.1. The van der Waals surface area contributed by atoms with Crippen LogP contribution in [-0.4, -0.2) is 22.4 Å². The van der Waals surface area contributed by atoms with Crippen LogP contribution in [0.4, 0.5) is 15.1 Å². The number of anilines is 1. The van der Waals surface area contributed by atoms with Gasteiger partial charge in [0.25, 0.3) is 0 Å². The Morgan fingerprint density at radius 1 is 0.935 bits per heavy atom. The van der Waals surface area contributed by atoms with Crippen LogP contribution < -0.4 is 4.90 Å². The van der Waals surface area contributed by atoms with E-state index in [-0.39, 0.29) is 0 Å². The van der Waals surface area contributed by atoms with E-state index in [9.17, 15) is 0 Å². The van der Waals surface area contributed by atoms with Gasteiger partial charge in [0, 0.05) is 24.0 Å². The Kier molecular flexibility index (Phi) is 6.73.